The molecular formula is C22H22BrN3O5S. The summed E-state index contributed by atoms with van der Waals surface area (Å²) < 4.78 is 11.1. The number of rotatable bonds is 8. The molecule has 32 heavy (non-hydrogen) atoms. The van der Waals surface area contributed by atoms with Crippen LogP contribution >= 0.6 is 28.1 Å². The van der Waals surface area contributed by atoms with Gasteiger partial charge in [-0.2, -0.15) is 0 Å². The van der Waals surface area contributed by atoms with Crippen LogP contribution in [0.1, 0.15) is 13.3 Å². The second-order valence-electron chi connectivity index (χ2n) is 6.86. The number of hydrogen-bond acceptors (Lipinski definition) is 6. The summed E-state index contributed by atoms with van der Waals surface area (Å²) in [5.74, 6) is -0.677. The number of ether oxygens (including phenoxy) is 2. The molecule has 1 atom stereocenters. The van der Waals surface area contributed by atoms with E-state index in [9.17, 15) is 14.4 Å². The van der Waals surface area contributed by atoms with E-state index in [-0.39, 0.29) is 24.0 Å². The molecule has 1 fully saturated rings. The van der Waals surface area contributed by atoms with Gasteiger partial charge in [-0.1, -0.05) is 15.9 Å². The highest BCUT2D eigenvalue weighted by Gasteiger charge is 2.45. The third kappa shape index (κ3) is 5.43. The molecule has 8 nitrogen and oxygen atoms in total. The Kier molecular flexibility index (Phi) is 7.81. The Balaban J connectivity index is 1.82. The van der Waals surface area contributed by atoms with Gasteiger partial charge in [0, 0.05) is 10.2 Å². The smallest absolute Gasteiger partial charge is 0.325 e. The normalized spacial score (nSPS) is 15.7. The highest BCUT2D eigenvalue weighted by Crippen LogP contribution is 2.29. The van der Waals surface area contributed by atoms with Gasteiger partial charge in [-0.25, -0.2) is 0 Å². The molecule has 0 aliphatic carbocycles. The number of anilines is 2. The standard InChI is InChI=1S/C22H22BrN3O5S/c1-3-31-17-10-8-16(9-11-17)26-21(29)18(25(22(26)32)13-20(28)30-2)12-19(27)24-15-6-4-14(23)5-7-15/h4-11,18H,3,12-13H2,1-2H3,(H,24,27). The first-order valence-electron chi connectivity index (χ1n) is 9.83. The molecule has 0 spiro atoms. The number of benzene rings is 2. The van der Waals surface area contributed by atoms with Crippen molar-refractivity contribution in [1.29, 1.82) is 0 Å². The quantitative estimate of drug-likeness (QED) is 0.422. The summed E-state index contributed by atoms with van der Waals surface area (Å²) in [7, 11) is 1.25. The van der Waals surface area contributed by atoms with Gasteiger partial charge >= 0.3 is 5.97 Å². The van der Waals surface area contributed by atoms with Crippen LogP contribution in [0.15, 0.2) is 53.0 Å². The molecule has 0 saturated carbocycles. The summed E-state index contributed by atoms with van der Waals surface area (Å²) in [6, 6.07) is 13.0. The Morgan fingerprint density at radius 3 is 2.38 bits per heavy atom. The lowest BCUT2D eigenvalue weighted by atomic mass is 10.1. The summed E-state index contributed by atoms with van der Waals surface area (Å²) >= 11 is 8.84. The molecule has 3 rings (SSSR count). The van der Waals surface area contributed by atoms with Gasteiger partial charge in [0.15, 0.2) is 5.11 Å². The van der Waals surface area contributed by atoms with Gasteiger partial charge in [0.1, 0.15) is 18.3 Å². The van der Waals surface area contributed by atoms with Crippen LogP contribution in [0.25, 0.3) is 0 Å². The second-order valence-corrected chi connectivity index (χ2v) is 8.14. The molecule has 0 aromatic heterocycles. The number of esters is 1. The minimum Gasteiger partial charge on any atom is -0.494 e. The summed E-state index contributed by atoms with van der Waals surface area (Å²) in [6.45, 7) is 2.15. The Morgan fingerprint density at radius 1 is 1.12 bits per heavy atom. The van der Waals surface area contributed by atoms with Gasteiger partial charge in [0.2, 0.25) is 5.91 Å². The van der Waals surface area contributed by atoms with Crippen molar-refractivity contribution in [3.8, 4) is 5.75 Å². The molecule has 10 heteroatoms. The average Bonchev–Trinajstić information content (AvgIpc) is 3.00. The van der Waals surface area contributed by atoms with Crippen LogP contribution in [0.2, 0.25) is 0 Å². The fraction of sp³-hybridized carbons (Fsp3) is 0.273. The van der Waals surface area contributed by atoms with E-state index in [2.05, 4.69) is 21.2 Å². The molecule has 1 aliphatic rings. The lowest BCUT2D eigenvalue weighted by Gasteiger charge is -2.22. The maximum atomic E-state index is 13.3. The minimum absolute atomic E-state index is 0.131. The van der Waals surface area contributed by atoms with Crippen LogP contribution < -0.4 is 15.0 Å². The Bertz CT molecular complexity index is 1010. The van der Waals surface area contributed by atoms with E-state index >= 15 is 0 Å². The first-order chi connectivity index (χ1) is 15.3. The summed E-state index contributed by atoms with van der Waals surface area (Å²) in [5.41, 5.74) is 1.11. The van der Waals surface area contributed by atoms with Crippen LogP contribution in [0.3, 0.4) is 0 Å². The summed E-state index contributed by atoms with van der Waals surface area (Å²) in [4.78, 5) is 40.6. The molecular weight excluding hydrogens is 498 g/mol. The van der Waals surface area contributed by atoms with Crippen LogP contribution in [-0.2, 0) is 19.1 Å². The van der Waals surface area contributed by atoms with Gasteiger partial charge < -0.3 is 19.7 Å². The van der Waals surface area contributed by atoms with Crippen molar-refractivity contribution < 1.29 is 23.9 Å². The van der Waals surface area contributed by atoms with Gasteiger partial charge in [0.25, 0.3) is 5.91 Å². The maximum absolute atomic E-state index is 13.3. The number of carbonyl (C=O) groups excluding carboxylic acids is 3. The molecule has 1 unspecified atom stereocenters. The molecule has 2 aromatic carbocycles. The Hall–Kier alpha value is -2.98. The SMILES string of the molecule is CCOc1ccc(N2C(=O)C(CC(=O)Nc3ccc(Br)cc3)N(CC(=O)OC)C2=S)cc1. The van der Waals surface area contributed by atoms with E-state index in [1.54, 1.807) is 48.5 Å². The first kappa shape index (κ1) is 23.7. The van der Waals surface area contributed by atoms with Crippen molar-refractivity contribution >= 4 is 62.4 Å². The number of thiocarbonyl (C=S) groups is 1. The largest absolute Gasteiger partial charge is 0.494 e. The Morgan fingerprint density at radius 2 is 1.78 bits per heavy atom. The zero-order valence-electron chi connectivity index (χ0n) is 17.5. The molecule has 168 valence electrons. The molecule has 1 N–H and O–H groups in total. The zero-order valence-corrected chi connectivity index (χ0v) is 19.9. The first-order valence-corrected chi connectivity index (χ1v) is 11.0. The molecule has 1 aliphatic heterocycles. The number of nitrogens with zero attached hydrogens (tertiary/aromatic N) is 2. The van der Waals surface area contributed by atoms with E-state index in [0.717, 1.165) is 4.47 Å². The molecule has 1 saturated heterocycles. The van der Waals surface area contributed by atoms with Crippen molar-refractivity contribution in [2.24, 2.45) is 0 Å². The fourth-order valence-electron chi connectivity index (χ4n) is 3.23. The monoisotopic (exact) mass is 519 g/mol. The highest BCUT2D eigenvalue weighted by atomic mass is 79.9. The number of amides is 2. The van der Waals surface area contributed by atoms with Gasteiger partial charge in [-0.15, -0.1) is 0 Å². The van der Waals surface area contributed by atoms with Gasteiger partial charge in [-0.05, 0) is 67.7 Å². The van der Waals surface area contributed by atoms with Crippen LogP contribution in [0, 0.1) is 0 Å². The molecule has 1 heterocycles. The lowest BCUT2D eigenvalue weighted by molar-refractivity contribution is -0.141. The minimum atomic E-state index is -0.941. The van der Waals surface area contributed by atoms with E-state index in [1.165, 1.54) is 16.9 Å². The fourth-order valence-corrected chi connectivity index (χ4v) is 3.89. The number of carbonyl (C=O) groups is 3. The number of nitrogens with one attached hydrogen (secondary N) is 1. The van der Waals surface area contributed by atoms with Crippen molar-refractivity contribution in [3.63, 3.8) is 0 Å². The van der Waals surface area contributed by atoms with E-state index in [4.69, 9.17) is 21.7 Å². The highest BCUT2D eigenvalue weighted by molar-refractivity contribution is 9.10. The van der Waals surface area contributed by atoms with Crippen molar-refractivity contribution in [3.05, 3.63) is 53.0 Å². The topological polar surface area (TPSA) is 88.2 Å². The molecule has 2 aromatic rings. The number of methoxy groups -OCH3 is 1. The van der Waals surface area contributed by atoms with E-state index in [1.807, 2.05) is 6.92 Å². The van der Waals surface area contributed by atoms with Gasteiger partial charge in [0.05, 0.1) is 25.8 Å². The molecule has 0 radical (unpaired) electrons. The van der Waals surface area contributed by atoms with Gasteiger partial charge in [-0.3, -0.25) is 19.3 Å². The lowest BCUT2D eigenvalue weighted by Crippen LogP contribution is -2.41. The number of halogens is 1. The van der Waals surface area contributed by atoms with E-state index < -0.39 is 17.9 Å². The average molecular weight is 520 g/mol. The van der Waals surface area contributed by atoms with Crippen molar-refractivity contribution in [2.75, 3.05) is 30.5 Å². The van der Waals surface area contributed by atoms with Crippen LogP contribution in [-0.4, -0.2) is 54.1 Å². The predicted octanol–water partition coefficient (Wildman–Crippen LogP) is 3.35. The zero-order chi connectivity index (χ0) is 23.3. The third-order valence-electron chi connectivity index (χ3n) is 4.76. The van der Waals surface area contributed by atoms with Crippen LogP contribution in [0.5, 0.6) is 5.75 Å². The molecule has 0 bridgehead atoms. The number of hydrogen-bond donors (Lipinski definition) is 1. The van der Waals surface area contributed by atoms with Crippen molar-refractivity contribution in [2.45, 2.75) is 19.4 Å². The summed E-state index contributed by atoms with van der Waals surface area (Å²) in [6.07, 6.45) is -0.181. The third-order valence-corrected chi connectivity index (χ3v) is 5.70. The Labute approximate surface area is 199 Å². The summed E-state index contributed by atoms with van der Waals surface area (Å²) in [5, 5.41) is 2.89. The van der Waals surface area contributed by atoms with Crippen LogP contribution in [0.4, 0.5) is 11.4 Å². The maximum Gasteiger partial charge on any atom is 0.325 e. The second kappa shape index (κ2) is 10.6. The van der Waals surface area contributed by atoms with E-state index in [0.29, 0.717) is 23.7 Å². The molecule has 2 amide bonds. The van der Waals surface area contributed by atoms with Crippen molar-refractivity contribution in [1.82, 2.24) is 4.90 Å². The predicted molar refractivity (Wildman–Crippen MR) is 128 cm³/mol.